The lowest BCUT2D eigenvalue weighted by Gasteiger charge is -2.32. The number of piperidine rings is 1. The molecule has 4 aromatic rings. The molecule has 1 fully saturated rings. The van der Waals surface area contributed by atoms with Crippen molar-refractivity contribution in [1.29, 1.82) is 0 Å². The molecule has 8 nitrogen and oxygen atoms in total. The van der Waals surface area contributed by atoms with E-state index in [1.165, 1.54) is 10.2 Å². The highest BCUT2D eigenvalue weighted by Gasteiger charge is 2.21. The molecule has 0 saturated carbocycles. The standard InChI is InChI=1S/C26H31N5O3/c1-2-24-28-30(26(33)22-17-23-21(31(22)24)12-16-34-23)13-6-9-25(32)27-20-10-14-29(15-11-20)18-19-7-4-3-5-8-19/h3-5,7-8,12,16-17,20H,2,6,9-11,13-15,18H2,1H3,(H,27,32). The van der Waals surface area contributed by atoms with E-state index in [-0.39, 0.29) is 17.5 Å². The Morgan fingerprint density at radius 3 is 2.71 bits per heavy atom. The number of carbonyl (C=O) groups excluding carboxylic acids is 1. The summed E-state index contributed by atoms with van der Waals surface area (Å²) < 4.78 is 8.82. The molecule has 1 saturated heterocycles. The third kappa shape index (κ3) is 4.63. The number of fused-ring (bicyclic) bond motifs is 3. The highest BCUT2D eigenvalue weighted by atomic mass is 16.3. The van der Waals surface area contributed by atoms with E-state index >= 15 is 0 Å². The predicted octanol–water partition coefficient (Wildman–Crippen LogP) is 3.37. The van der Waals surface area contributed by atoms with E-state index < -0.39 is 0 Å². The van der Waals surface area contributed by atoms with E-state index in [0.717, 1.165) is 43.8 Å². The van der Waals surface area contributed by atoms with Gasteiger partial charge < -0.3 is 9.73 Å². The van der Waals surface area contributed by atoms with Crippen LogP contribution in [0.2, 0.25) is 0 Å². The van der Waals surface area contributed by atoms with Gasteiger partial charge in [0, 0.05) is 57.2 Å². The third-order valence-corrected chi connectivity index (χ3v) is 6.66. The first-order valence-corrected chi connectivity index (χ1v) is 12.2. The van der Waals surface area contributed by atoms with E-state index in [0.29, 0.717) is 36.9 Å². The van der Waals surface area contributed by atoms with Crippen LogP contribution in [0.25, 0.3) is 16.6 Å². The van der Waals surface area contributed by atoms with Gasteiger partial charge in [-0.2, -0.15) is 5.10 Å². The molecular formula is C26H31N5O3. The molecule has 5 rings (SSSR count). The maximum absolute atomic E-state index is 13.0. The second-order valence-corrected chi connectivity index (χ2v) is 9.04. The van der Waals surface area contributed by atoms with E-state index in [1.54, 1.807) is 12.3 Å². The van der Waals surface area contributed by atoms with E-state index in [9.17, 15) is 9.59 Å². The van der Waals surface area contributed by atoms with Crippen LogP contribution in [0.3, 0.4) is 0 Å². The Morgan fingerprint density at radius 2 is 1.94 bits per heavy atom. The van der Waals surface area contributed by atoms with Crippen molar-refractivity contribution in [2.75, 3.05) is 13.1 Å². The maximum Gasteiger partial charge on any atom is 0.291 e. The Balaban J connectivity index is 1.13. The molecule has 1 aromatic carbocycles. The molecular weight excluding hydrogens is 430 g/mol. The highest BCUT2D eigenvalue weighted by Crippen LogP contribution is 2.20. The number of rotatable bonds is 8. The van der Waals surface area contributed by atoms with Crippen molar-refractivity contribution in [1.82, 2.24) is 24.4 Å². The molecule has 0 radical (unpaired) electrons. The quantitative estimate of drug-likeness (QED) is 0.435. The minimum absolute atomic E-state index is 0.0477. The Bertz CT molecular complexity index is 1330. The molecule has 0 atom stereocenters. The number of amides is 1. The lowest BCUT2D eigenvalue weighted by Crippen LogP contribution is -2.44. The molecule has 1 N–H and O–H groups in total. The van der Waals surface area contributed by atoms with Crippen LogP contribution in [-0.2, 0) is 24.3 Å². The average molecular weight is 462 g/mol. The summed E-state index contributed by atoms with van der Waals surface area (Å²) in [6.07, 6.45) is 5.19. The van der Waals surface area contributed by atoms with Crippen LogP contribution in [0.5, 0.6) is 0 Å². The summed E-state index contributed by atoms with van der Waals surface area (Å²) in [5.74, 6) is 0.851. The van der Waals surface area contributed by atoms with Crippen LogP contribution in [-0.4, -0.2) is 44.1 Å². The summed E-state index contributed by atoms with van der Waals surface area (Å²) in [4.78, 5) is 27.9. The number of likely N-dealkylation sites (tertiary alicyclic amines) is 1. The first-order chi connectivity index (χ1) is 16.6. The van der Waals surface area contributed by atoms with Gasteiger partial charge in [-0.15, -0.1) is 0 Å². The van der Waals surface area contributed by atoms with Crippen LogP contribution in [0, 0.1) is 0 Å². The number of hydrogen-bond donors (Lipinski definition) is 1. The SMILES string of the molecule is CCc1nn(CCCC(=O)NC2CCN(Cc3ccccc3)CC2)c(=O)c2cc3occc3n12. The summed E-state index contributed by atoms with van der Waals surface area (Å²) in [6, 6.07) is 14.3. The van der Waals surface area contributed by atoms with Crippen LogP contribution in [0.4, 0.5) is 0 Å². The molecule has 34 heavy (non-hydrogen) atoms. The van der Waals surface area contributed by atoms with Gasteiger partial charge >= 0.3 is 0 Å². The second-order valence-electron chi connectivity index (χ2n) is 9.04. The van der Waals surface area contributed by atoms with Gasteiger partial charge in [0.2, 0.25) is 5.91 Å². The summed E-state index contributed by atoms with van der Waals surface area (Å²) in [5, 5.41) is 7.75. The topological polar surface area (TPSA) is 84.8 Å². The van der Waals surface area contributed by atoms with E-state index in [1.807, 2.05) is 23.5 Å². The molecule has 4 heterocycles. The van der Waals surface area contributed by atoms with Crippen molar-refractivity contribution >= 4 is 22.5 Å². The molecule has 3 aromatic heterocycles. The monoisotopic (exact) mass is 461 g/mol. The molecule has 0 aliphatic carbocycles. The van der Waals surface area contributed by atoms with Crippen molar-refractivity contribution in [3.8, 4) is 0 Å². The molecule has 1 aliphatic heterocycles. The molecule has 1 aliphatic rings. The molecule has 8 heteroatoms. The van der Waals surface area contributed by atoms with Crippen LogP contribution >= 0.6 is 0 Å². The fourth-order valence-electron chi connectivity index (χ4n) is 4.87. The lowest BCUT2D eigenvalue weighted by atomic mass is 10.0. The second kappa shape index (κ2) is 9.85. The number of furan rings is 1. The van der Waals surface area contributed by atoms with Crippen LogP contribution < -0.4 is 10.9 Å². The number of hydrogen-bond acceptors (Lipinski definition) is 5. The van der Waals surface area contributed by atoms with Crippen molar-refractivity contribution in [2.24, 2.45) is 0 Å². The molecule has 178 valence electrons. The van der Waals surface area contributed by atoms with Crippen molar-refractivity contribution in [2.45, 2.75) is 58.2 Å². The van der Waals surface area contributed by atoms with Gasteiger partial charge in [-0.1, -0.05) is 37.3 Å². The Labute approximate surface area is 198 Å². The minimum Gasteiger partial charge on any atom is -0.463 e. The number of nitrogens with zero attached hydrogens (tertiary/aromatic N) is 4. The van der Waals surface area contributed by atoms with Gasteiger partial charge in [-0.05, 0) is 24.8 Å². The van der Waals surface area contributed by atoms with Gasteiger partial charge in [-0.3, -0.25) is 18.9 Å². The largest absolute Gasteiger partial charge is 0.463 e. The third-order valence-electron chi connectivity index (χ3n) is 6.66. The lowest BCUT2D eigenvalue weighted by molar-refractivity contribution is -0.122. The predicted molar refractivity (Wildman–Crippen MR) is 131 cm³/mol. The fraction of sp³-hybridized carbons (Fsp3) is 0.423. The molecule has 0 unspecified atom stereocenters. The average Bonchev–Trinajstić information content (AvgIpc) is 3.45. The minimum atomic E-state index is -0.158. The summed E-state index contributed by atoms with van der Waals surface area (Å²) in [5.41, 5.74) is 3.27. The first-order valence-electron chi connectivity index (χ1n) is 12.2. The van der Waals surface area contributed by atoms with Gasteiger partial charge in [0.25, 0.3) is 5.56 Å². The molecule has 0 bridgehead atoms. The van der Waals surface area contributed by atoms with E-state index in [4.69, 9.17) is 4.42 Å². The summed E-state index contributed by atoms with van der Waals surface area (Å²) >= 11 is 0. The number of benzene rings is 1. The first kappa shape index (κ1) is 22.4. The highest BCUT2D eigenvalue weighted by molar-refractivity contribution is 5.82. The van der Waals surface area contributed by atoms with Gasteiger partial charge in [0.15, 0.2) is 5.58 Å². The van der Waals surface area contributed by atoms with Crippen molar-refractivity contribution in [3.05, 3.63) is 70.5 Å². The van der Waals surface area contributed by atoms with Crippen LogP contribution in [0.15, 0.2) is 57.9 Å². The van der Waals surface area contributed by atoms with Gasteiger partial charge in [0.1, 0.15) is 11.3 Å². The number of aryl methyl sites for hydroxylation is 2. The van der Waals surface area contributed by atoms with E-state index in [2.05, 4.69) is 39.6 Å². The smallest absolute Gasteiger partial charge is 0.291 e. The normalized spacial score (nSPS) is 15.3. The number of nitrogens with one attached hydrogen (secondary N) is 1. The Hall–Kier alpha value is -3.39. The van der Waals surface area contributed by atoms with Crippen molar-refractivity contribution < 1.29 is 9.21 Å². The summed E-state index contributed by atoms with van der Waals surface area (Å²) in [6.45, 7) is 5.36. The Kier molecular flexibility index (Phi) is 6.49. The van der Waals surface area contributed by atoms with Crippen molar-refractivity contribution in [3.63, 3.8) is 0 Å². The molecule has 0 spiro atoms. The van der Waals surface area contributed by atoms with Gasteiger partial charge in [0.05, 0.1) is 11.8 Å². The van der Waals surface area contributed by atoms with Gasteiger partial charge in [-0.25, -0.2) is 4.68 Å². The number of aromatic nitrogens is 3. The zero-order valence-corrected chi connectivity index (χ0v) is 19.6. The zero-order chi connectivity index (χ0) is 23.5. The fourth-order valence-corrected chi connectivity index (χ4v) is 4.87. The summed E-state index contributed by atoms with van der Waals surface area (Å²) in [7, 11) is 0. The molecule has 1 amide bonds. The van der Waals surface area contributed by atoms with Crippen LogP contribution in [0.1, 0.15) is 44.0 Å². The maximum atomic E-state index is 13.0. The Morgan fingerprint density at radius 1 is 1.15 bits per heavy atom. The number of carbonyl (C=O) groups is 1. The zero-order valence-electron chi connectivity index (χ0n) is 19.6.